The molecule has 4 rings (SSSR count). The zero-order valence-corrected chi connectivity index (χ0v) is 19.7. The van der Waals surface area contributed by atoms with Gasteiger partial charge in [-0.15, -0.1) is 0 Å². The number of carboxylic acid groups (broad SMARTS) is 1. The first kappa shape index (κ1) is 24.6. The number of hydrogen-bond acceptors (Lipinski definition) is 5. The van der Waals surface area contributed by atoms with Crippen LogP contribution in [0.1, 0.15) is 26.3 Å². The van der Waals surface area contributed by atoms with E-state index in [-0.39, 0.29) is 28.1 Å². The second-order valence-corrected chi connectivity index (χ2v) is 9.81. The lowest BCUT2D eigenvalue weighted by molar-refractivity contribution is -0.109. The summed E-state index contributed by atoms with van der Waals surface area (Å²) in [6.45, 7) is 0. The van der Waals surface area contributed by atoms with E-state index in [0.29, 0.717) is 6.29 Å². The Bertz CT molecular complexity index is 1550. The molecule has 1 atom stereocenters. The highest BCUT2D eigenvalue weighted by atomic mass is 32.2. The molecule has 1 unspecified atom stereocenters. The lowest BCUT2D eigenvalue weighted by Crippen LogP contribution is -2.37. The number of fused-ring (bicyclic) bond motifs is 1. The zero-order valence-electron chi connectivity index (χ0n) is 18.9. The topological polar surface area (TPSA) is 130 Å². The summed E-state index contributed by atoms with van der Waals surface area (Å²) in [5.74, 6) is -2.05. The van der Waals surface area contributed by atoms with Crippen LogP contribution in [0.15, 0.2) is 95.9 Å². The lowest BCUT2D eigenvalue weighted by atomic mass is 10.1. The maximum Gasteiger partial charge on any atom is 0.335 e. The number of hydrogen-bond donors (Lipinski definition) is 3. The molecule has 0 aromatic heterocycles. The lowest BCUT2D eigenvalue weighted by Gasteiger charge is -2.15. The first-order chi connectivity index (χ1) is 17.2. The molecule has 4 aromatic rings. The van der Waals surface area contributed by atoms with Gasteiger partial charge in [-0.05, 0) is 53.1 Å². The highest BCUT2D eigenvalue weighted by molar-refractivity contribution is 7.92. The van der Waals surface area contributed by atoms with Gasteiger partial charge >= 0.3 is 5.97 Å². The van der Waals surface area contributed by atoms with Crippen LogP contribution in [0.3, 0.4) is 0 Å². The van der Waals surface area contributed by atoms with Gasteiger partial charge in [0.2, 0.25) is 0 Å². The van der Waals surface area contributed by atoms with Crippen molar-refractivity contribution in [1.29, 1.82) is 0 Å². The zero-order chi connectivity index (χ0) is 25.7. The number of nitrogens with one attached hydrogen (secondary N) is 2. The SMILES string of the molecule is O=CC(Cc1ccccc1)NC(=O)c1cc(NS(=O)(=O)c2ccc3ccccc3c2)cc(C(=O)O)c1. The molecular formula is C27H22N2O6S. The Kier molecular flexibility index (Phi) is 7.12. The average molecular weight is 503 g/mol. The predicted molar refractivity (Wildman–Crippen MR) is 136 cm³/mol. The molecule has 0 aliphatic heterocycles. The van der Waals surface area contributed by atoms with E-state index in [9.17, 15) is 27.9 Å². The normalized spacial score (nSPS) is 12.0. The number of aldehydes is 1. The summed E-state index contributed by atoms with van der Waals surface area (Å²) in [6, 6.07) is 23.6. The van der Waals surface area contributed by atoms with Gasteiger partial charge in [0.25, 0.3) is 15.9 Å². The molecule has 182 valence electrons. The first-order valence-electron chi connectivity index (χ1n) is 11.0. The molecule has 3 N–H and O–H groups in total. The van der Waals surface area contributed by atoms with E-state index in [1.54, 1.807) is 18.2 Å². The van der Waals surface area contributed by atoms with Crippen LogP contribution < -0.4 is 10.0 Å². The molecule has 0 heterocycles. The molecule has 0 saturated carbocycles. The van der Waals surface area contributed by atoms with Crippen LogP contribution in [-0.2, 0) is 21.2 Å². The quantitative estimate of drug-likeness (QED) is 0.298. The Morgan fingerprint density at radius 1 is 0.833 bits per heavy atom. The van der Waals surface area contributed by atoms with E-state index in [2.05, 4.69) is 10.0 Å². The van der Waals surface area contributed by atoms with Gasteiger partial charge in [-0.25, -0.2) is 13.2 Å². The van der Waals surface area contributed by atoms with Crippen molar-refractivity contribution >= 4 is 44.6 Å². The van der Waals surface area contributed by atoms with Gasteiger partial charge in [0.1, 0.15) is 6.29 Å². The van der Waals surface area contributed by atoms with Gasteiger partial charge < -0.3 is 15.2 Å². The summed E-state index contributed by atoms with van der Waals surface area (Å²) >= 11 is 0. The molecule has 0 aliphatic rings. The van der Waals surface area contributed by atoms with Crippen LogP contribution in [0.25, 0.3) is 10.8 Å². The number of rotatable bonds is 9. The molecule has 4 aromatic carbocycles. The van der Waals surface area contributed by atoms with Gasteiger partial charge in [-0.1, -0.05) is 60.7 Å². The van der Waals surface area contributed by atoms with Crippen molar-refractivity contribution < 1.29 is 27.9 Å². The number of carboxylic acids is 1. The Hall–Kier alpha value is -4.50. The van der Waals surface area contributed by atoms with E-state index in [1.165, 1.54) is 18.2 Å². The highest BCUT2D eigenvalue weighted by Crippen LogP contribution is 2.23. The van der Waals surface area contributed by atoms with E-state index >= 15 is 0 Å². The molecule has 36 heavy (non-hydrogen) atoms. The van der Waals surface area contributed by atoms with Gasteiger partial charge in [0, 0.05) is 5.56 Å². The van der Waals surface area contributed by atoms with Crippen LogP contribution in [0.5, 0.6) is 0 Å². The standard InChI is InChI=1S/C27H22N2O6S/c30-17-24(12-18-6-2-1-3-7-18)28-26(31)21-13-22(27(32)33)15-23(14-21)29-36(34,35)25-11-10-19-8-4-5-9-20(19)16-25/h1-11,13-17,24,29H,12H2,(H,28,31)(H,32,33). The number of carbonyl (C=O) groups excluding carboxylic acids is 2. The maximum absolute atomic E-state index is 13.0. The Balaban J connectivity index is 1.60. The fourth-order valence-corrected chi connectivity index (χ4v) is 4.82. The van der Waals surface area contributed by atoms with Crippen molar-refractivity contribution in [3.63, 3.8) is 0 Å². The monoisotopic (exact) mass is 502 g/mol. The Morgan fingerprint density at radius 2 is 1.50 bits per heavy atom. The molecular weight excluding hydrogens is 480 g/mol. The van der Waals surface area contributed by atoms with E-state index < -0.39 is 27.9 Å². The van der Waals surface area contributed by atoms with Crippen LogP contribution in [-0.4, -0.2) is 37.7 Å². The molecule has 8 nitrogen and oxygen atoms in total. The van der Waals surface area contributed by atoms with Gasteiger partial charge in [0.15, 0.2) is 0 Å². The molecule has 1 amide bonds. The van der Waals surface area contributed by atoms with Gasteiger partial charge in [-0.3, -0.25) is 9.52 Å². The summed E-state index contributed by atoms with van der Waals surface area (Å²) < 4.78 is 28.4. The van der Waals surface area contributed by atoms with Crippen molar-refractivity contribution in [2.75, 3.05) is 4.72 Å². The first-order valence-corrected chi connectivity index (χ1v) is 12.4. The van der Waals surface area contributed by atoms with Crippen LogP contribution in [0.2, 0.25) is 0 Å². The summed E-state index contributed by atoms with van der Waals surface area (Å²) in [6.07, 6.45) is 0.839. The Morgan fingerprint density at radius 3 is 2.19 bits per heavy atom. The second kappa shape index (κ2) is 10.4. The predicted octanol–water partition coefficient (Wildman–Crippen LogP) is 3.88. The number of carbonyl (C=O) groups is 3. The number of sulfonamides is 1. The third-order valence-electron chi connectivity index (χ3n) is 5.50. The van der Waals surface area contributed by atoms with Crippen molar-refractivity contribution in [2.45, 2.75) is 17.4 Å². The van der Waals surface area contributed by atoms with Crippen molar-refractivity contribution in [3.05, 3.63) is 108 Å². The third-order valence-corrected chi connectivity index (χ3v) is 6.88. The van der Waals surface area contributed by atoms with E-state index in [1.807, 2.05) is 42.5 Å². The molecule has 0 radical (unpaired) electrons. The fourth-order valence-electron chi connectivity index (χ4n) is 3.74. The highest BCUT2D eigenvalue weighted by Gasteiger charge is 2.20. The number of anilines is 1. The smallest absolute Gasteiger partial charge is 0.335 e. The van der Waals surface area contributed by atoms with Crippen molar-refractivity contribution in [1.82, 2.24) is 5.32 Å². The molecule has 0 fully saturated rings. The molecule has 0 aliphatic carbocycles. The minimum absolute atomic E-state index is 0.0168. The number of benzene rings is 4. The molecule has 0 spiro atoms. The summed E-state index contributed by atoms with van der Waals surface area (Å²) in [7, 11) is -4.09. The summed E-state index contributed by atoms with van der Waals surface area (Å²) in [5.41, 5.74) is 0.340. The largest absolute Gasteiger partial charge is 0.478 e. The summed E-state index contributed by atoms with van der Waals surface area (Å²) in [5, 5.41) is 13.7. The number of amides is 1. The second-order valence-electron chi connectivity index (χ2n) is 8.12. The van der Waals surface area contributed by atoms with Crippen LogP contribution >= 0.6 is 0 Å². The molecule has 9 heteroatoms. The average Bonchev–Trinajstić information content (AvgIpc) is 2.88. The fraction of sp³-hybridized carbons (Fsp3) is 0.0741. The van der Waals surface area contributed by atoms with Crippen molar-refractivity contribution in [2.24, 2.45) is 0 Å². The number of aromatic carboxylic acids is 1. The molecule has 0 bridgehead atoms. The van der Waals surface area contributed by atoms with Crippen molar-refractivity contribution in [3.8, 4) is 0 Å². The molecule has 0 saturated heterocycles. The Labute approximate surface area is 207 Å². The minimum Gasteiger partial charge on any atom is -0.478 e. The van der Waals surface area contributed by atoms with E-state index in [4.69, 9.17) is 0 Å². The van der Waals surface area contributed by atoms with Gasteiger partial charge in [-0.2, -0.15) is 0 Å². The van der Waals surface area contributed by atoms with Gasteiger partial charge in [0.05, 0.1) is 22.2 Å². The van der Waals surface area contributed by atoms with Crippen LogP contribution in [0.4, 0.5) is 5.69 Å². The van der Waals surface area contributed by atoms with Crippen LogP contribution in [0, 0.1) is 0 Å². The summed E-state index contributed by atoms with van der Waals surface area (Å²) in [4.78, 5) is 36.1. The minimum atomic E-state index is -4.09. The maximum atomic E-state index is 13.0. The van der Waals surface area contributed by atoms with E-state index in [0.717, 1.165) is 28.5 Å². The third kappa shape index (κ3) is 5.76.